The molecule has 1 N–H and O–H groups in total. The third-order valence-electron chi connectivity index (χ3n) is 2.75. The Bertz CT molecular complexity index is 697. The molecule has 5 heteroatoms. The molecule has 0 unspecified atom stereocenters. The first-order chi connectivity index (χ1) is 8.45. The van der Waals surface area contributed by atoms with Crippen molar-refractivity contribution in [2.24, 2.45) is 0 Å². The minimum atomic E-state index is -0.563. The molecule has 1 heterocycles. The van der Waals surface area contributed by atoms with Gasteiger partial charge in [-0.05, 0) is 25.5 Å². The summed E-state index contributed by atoms with van der Waals surface area (Å²) in [6.45, 7) is 3.01. The molecule has 1 aromatic carbocycles. The van der Waals surface area contributed by atoms with E-state index in [9.17, 15) is 14.7 Å². The van der Waals surface area contributed by atoms with Crippen molar-refractivity contribution < 1.29 is 19.1 Å². The van der Waals surface area contributed by atoms with Crippen LogP contribution < -0.4 is 10.4 Å². The highest BCUT2D eigenvalue weighted by molar-refractivity contribution is 6.08. The van der Waals surface area contributed by atoms with Gasteiger partial charge in [0.2, 0.25) is 0 Å². The van der Waals surface area contributed by atoms with E-state index in [-0.39, 0.29) is 22.6 Å². The fourth-order valence-electron chi connectivity index (χ4n) is 1.90. The summed E-state index contributed by atoms with van der Waals surface area (Å²) >= 11 is 0. The largest absolute Gasteiger partial charge is 0.504 e. The normalized spacial score (nSPS) is 10.6. The third kappa shape index (κ3) is 1.73. The Morgan fingerprint density at radius 2 is 2.06 bits per heavy atom. The molecule has 94 valence electrons. The minimum absolute atomic E-state index is 0.0369. The van der Waals surface area contributed by atoms with Crippen molar-refractivity contribution in [2.75, 3.05) is 7.11 Å². The summed E-state index contributed by atoms with van der Waals surface area (Å²) in [4.78, 5) is 22.9. The standard InChI is InChI=1S/C13H12O5/c1-6-4-10(15)18-13-8(6)5-9(17-3)12(16)11(13)7(2)14/h4-5,16H,1-3H3. The van der Waals surface area contributed by atoms with E-state index in [0.717, 1.165) is 0 Å². The molecule has 0 aliphatic heterocycles. The van der Waals surface area contributed by atoms with Crippen molar-refractivity contribution in [3.63, 3.8) is 0 Å². The first-order valence-corrected chi connectivity index (χ1v) is 5.31. The molecule has 0 fully saturated rings. The van der Waals surface area contributed by atoms with Crippen LogP contribution in [0.3, 0.4) is 0 Å². The number of hydrogen-bond donors (Lipinski definition) is 1. The van der Waals surface area contributed by atoms with Crippen LogP contribution in [-0.2, 0) is 0 Å². The number of ether oxygens (including phenoxy) is 1. The van der Waals surface area contributed by atoms with Crippen LogP contribution in [0.25, 0.3) is 11.0 Å². The first-order valence-electron chi connectivity index (χ1n) is 5.31. The molecule has 1 aromatic heterocycles. The van der Waals surface area contributed by atoms with E-state index in [1.54, 1.807) is 6.92 Å². The maximum atomic E-state index is 11.6. The highest BCUT2D eigenvalue weighted by Crippen LogP contribution is 2.37. The molecular formula is C13H12O5. The smallest absolute Gasteiger partial charge is 0.336 e. The van der Waals surface area contributed by atoms with E-state index >= 15 is 0 Å². The number of carbonyl (C=O) groups excluding carboxylic acids is 1. The second-order valence-electron chi connectivity index (χ2n) is 3.98. The Morgan fingerprint density at radius 3 is 2.61 bits per heavy atom. The van der Waals surface area contributed by atoms with Crippen LogP contribution in [0.15, 0.2) is 21.3 Å². The molecule has 0 aliphatic rings. The molecule has 2 rings (SSSR count). The highest BCUT2D eigenvalue weighted by Gasteiger charge is 2.20. The maximum Gasteiger partial charge on any atom is 0.336 e. The lowest BCUT2D eigenvalue weighted by Crippen LogP contribution is -2.03. The fraction of sp³-hybridized carbons (Fsp3) is 0.231. The number of aromatic hydroxyl groups is 1. The van der Waals surface area contributed by atoms with Gasteiger partial charge in [-0.15, -0.1) is 0 Å². The van der Waals surface area contributed by atoms with Crippen molar-refractivity contribution in [3.05, 3.63) is 33.7 Å². The number of phenolic OH excluding ortho intramolecular Hbond substituents is 1. The summed E-state index contributed by atoms with van der Waals surface area (Å²) in [6, 6.07) is 2.86. The molecule has 0 saturated carbocycles. The number of phenols is 1. The summed E-state index contributed by atoms with van der Waals surface area (Å²) in [7, 11) is 1.39. The Hall–Kier alpha value is -2.30. The van der Waals surface area contributed by atoms with Crippen LogP contribution in [-0.4, -0.2) is 18.0 Å². The number of carbonyl (C=O) groups is 1. The van der Waals surface area contributed by atoms with Gasteiger partial charge in [-0.25, -0.2) is 4.79 Å². The van der Waals surface area contributed by atoms with Gasteiger partial charge < -0.3 is 14.3 Å². The molecule has 0 radical (unpaired) electrons. The first kappa shape index (κ1) is 12.2. The second-order valence-corrected chi connectivity index (χ2v) is 3.98. The molecule has 0 spiro atoms. The van der Waals surface area contributed by atoms with Crippen LogP contribution in [0.2, 0.25) is 0 Å². The molecule has 0 saturated heterocycles. The van der Waals surface area contributed by atoms with Crippen molar-refractivity contribution in [3.8, 4) is 11.5 Å². The van der Waals surface area contributed by atoms with Crippen LogP contribution in [0.1, 0.15) is 22.8 Å². The van der Waals surface area contributed by atoms with Crippen LogP contribution in [0.5, 0.6) is 11.5 Å². The number of ketones is 1. The van der Waals surface area contributed by atoms with E-state index in [1.165, 1.54) is 26.2 Å². The Labute approximate surface area is 103 Å². The number of benzene rings is 1. The molecule has 0 atom stereocenters. The average molecular weight is 248 g/mol. The van der Waals surface area contributed by atoms with Crippen molar-refractivity contribution in [2.45, 2.75) is 13.8 Å². The highest BCUT2D eigenvalue weighted by atomic mass is 16.5. The number of Topliss-reactive ketones (excluding diaryl/α,β-unsaturated/α-hetero) is 1. The predicted octanol–water partition coefficient (Wildman–Crippen LogP) is 2.02. The summed E-state index contributed by atoms with van der Waals surface area (Å²) in [6.07, 6.45) is 0. The lowest BCUT2D eigenvalue weighted by Gasteiger charge is -2.10. The third-order valence-corrected chi connectivity index (χ3v) is 2.75. The molecule has 5 nitrogen and oxygen atoms in total. The number of fused-ring (bicyclic) bond motifs is 1. The summed E-state index contributed by atoms with van der Waals surface area (Å²) in [5, 5.41) is 10.5. The molecule has 18 heavy (non-hydrogen) atoms. The van der Waals surface area contributed by atoms with E-state index in [0.29, 0.717) is 10.9 Å². The van der Waals surface area contributed by atoms with Crippen molar-refractivity contribution in [1.29, 1.82) is 0 Å². The van der Waals surface area contributed by atoms with Gasteiger partial charge in [0.15, 0.2) is 22.9 Å². The number of rotatable bonds is 2. The SMILES string of the molecule is COc1cc2c(C)cc(=O)oc2c(C(C)=O)c1O. The van der Waals surface area contributed by atoms with Gasteiger partial charge in [-0.3, -0.25) is 4.79 Å². The molecule has 0 aliphatic carbocycles. The minimum Gasteiger partial charge on any atom is -0.504 e. The summed E-state index contributed by atoms with van der Waals surface area (Å²) in [5.74, 6) is -0.541. The maximum absolute atomic E-state index is 11.6. The monoisotopic (exact) mass is 248 g/mol. The summed E-state index contributed by atoms with van der Waals surface area (Å²) < 4.78 is 10.0. The van der Waals surface area contributed by atoms with Gasteiger partial charge in [0.25, 0.3) is 0 Å². The fourth-order valence-corrected chi connectivity index (χ4v) is 1.90. The quantitative estimate of drug-likeness (QED) is 0.649. The number of hydrogen-bond acceptors (Lipinski definition) is 5. The Kier molecular flexibility index (Phi) is 2.82. The Morgan fingerprint density at radius 1 is 1.39 bits per heavy atom. The van der Waals surface area contributed by atoms with Crippen LogP contribution in [0.4, 0.5) is 0 Å². The average Bonchev–Trinajstić information content (AvgIpc) is 2.27. The predicted molar refractivity (Wildman–Crippen MR) is 65.4 cm³/mol. The topological polar surface area (TPSA) is 76.7 Å². The van der Waals surface area contributed by atoms with Crippen LogP contribution >= 0.6 is 0 Å². The molecule has 2 aromatic rings. The van der Waals surface area contributed by atoms with Crippen LogP contribution in [0, 0.1) is 6.92 Å². The van der Waals surface area contributed by atoms with Gasteiger partial charge in [-0.2, -0.15) is 0 Å². The zero-order chi connectivity index (χ0) is 13.4. The zero-order valence-corrected chi connectivity index (χ0v) is 10.2. The summed E-state index contributed by atoms with van der Waals surface area (Å²) in [5.41, 5.74) is 0.144. The van der Waals surface area contributed by atoms with Crippen molar-refractivity contribution >= 4 is 16.8 Å². The lowest BCUT2D eigenvalue weighted by molar-refractivity contribution is 0.101. The van der Waals surface area contributed by atoms with Gasteiger partial charge >= 0.3 is 5.63 Å². The van der Waals surface area contributed by atoms with Gasteiger partial charge in [-0.1, -0.05) is 0 Å². The Balaban J connectivity index is 3.05. The van der Waals surface area contributed by atoms with Gasteiger partial charge in [0.1, 0.15) is 5.56 Å². The van der Waals surface area contributed by atoms with E-state index in [1.807, 2.05) is 0 Å². The van der Waals surface area contributed by atoms with Gasteiger partial charge in [0.05, 0.1) is 7.11 Å². The van der Waals surface area contributed by atoms with E-state index in [2.05, 4.69) is 0 Å². The van der Waals surface area contributed by atoms with E-state index < -0.39 is 11.4 Å². The number of methoxy groups -OCH3 is 1. The van der Waals surface area contributed by atoms with E-state index in [4.69, 9.17) is 9.15 Å². The number of aryl methyl sites for hydroxylation is 1. The van der Waals surface area contributed by atoms with Gasteiger partial charge in [0, 0.05) is 11.5 Å². The second kappa shape index (κ2) is 4.18. The lowest BCUT2D eigenvalue weighted by atomic mass is 10.0. The molecular weight excluding hydrogens is 236 g/mol. The molecule has 0 amide bonds. The van der Waals surface area contributed by atoms with Crippen molar-refractivity contribution in [1.82, 2.24) is 0 Å². The zero-order valence-electron chi connectivity index (χ0n) is 10.2. The molecule has 0 bridgehead atoms.